The van der Waals surface area contributed by atoms with Gasteiger partial charge in [-0.1, -0.05) is 5.16 Å². The first kappa shape index (κ1) is 20.7. The topological polar surface area (TPSA) is 117 Å². The Hall–Kier alpha value is -3.18. The van der Waals surface area contributed by atoms with Crippen LogP contribution < -0.4 is 0 Å². The minimum Gasteiger partial charge on any atom is -0.459 e. The fraction of sp³-hybridized carbons (Fsp3) is 0.381. The number of hydrogen-bond donors (Lipinski definition) is 0. The average Bonchev–Trinajstić information content (AvgIpc) is 3.59. The molecule has 2 saturated heterocycles. The van der Waals surface area contributed by atoms with Crippen LogP contribution in [0.25, 0.3) is 11.0 Å². The molecule has 0 aliphatic carbocycles. The van der Waals surface area contributed by atoms with Gasteiger partial charge in [-0.25, -0.2) is 8.42 Å². The van der Waals surface area contributed by atoms with Crippen LogP contribution in [0.5, 0.6) is 0 Å². The number of hydrogen-bond acceptors (Lipinski definition) is 7. The number of piperazine rings is 1. The fourth-order valence-electron chi connectivity index (χ4n) is 4.14. The molecule has 11 heteroatoms. The number of nitrogens with zero attached hydrogens (tertiary/aromatic N) is 4. The van der Waals surface area contributed by atoms with E-state index in [9.17, 15) is 18.0 Å². The van der Waals surface area contributed by atoms with E-state index in [1.165, 1.54) is 28.8 Å². The molecular weight excluding hydrogens is 436 g/mol. The van der Waals surface area contributed by atoms with Gasteiger partial charge in [0.1, 0.15) is 0 Å². The normalized spacial score (nSPS) is 17.9. The minimum absolute atomic E-state index is 0.0643. The molecule has 4 heterocycles. The summed E-state index contributed by atoms with van der Waals surface area (Å²) in [5.74, 6) is -0.279. The van der Waals surface area contributed by atoms with Gasteiger partial charge in [0.2, 0.25) is 10.0 Å². The molecular formula is C21H22N4O6S. The van der Waals surface area contributed by atoms with Crippen molar-refractivity contribution in [3.63, 3.8) is 0 Å². The molecule has 10 nitrogen and oxygen atoms in total. The van der Waals surface area contributed by atoms with Crippen molar-refractivity contribution in [3.8, 4) is 0 Å². The van der Waals surface area contributed by atoms with Gasteiger partial charge in [0.05, 0.1) is 16.5 Å². The predicted octanol–water partition coefficient (Wildman–Crippen LogP) is 1.80. The first-order valence-electron chi connectivity index (χ1n) is 10.5. The molecule has 5 rings (SSSR count). The van der Waals surface area contributed by atoms with Gasteiger partial charge in [-0.3, -0.25) is 9.59 Å². The molecule has 32 heavy (non-hydrogen) atoms. The van der Waals surface area contributed by atoms with E-state index < -0.39 is 10.0 Å². The summed E-state index contributed by atoms with van der Waals surface area (Å²) in [6.07, 6.45) is 3.31. The first-order valence-corrected chi connectivity index (χ1v) is 11.9. The Kier molecular flexibility index (Phi) is 5.22. The molecule has 2 aliphatic rings. The summed E-state index contributed by atoms with van der Waals surface area (Å²) in [6.45, 7) is 2.16. The van der Waals surface area contributed by atoms with Crippen LogP contribution in [0.1, 0.15) is 33.9 Å². The molecule has 0 bridgehead atoms. The number of likely N-dealkylation sites (tertiary alicyclic amines) is 1. The minimum atomic E-state index is -3.82. The van der Waals surface area contributed by atoms with Crippen molar-refractivity contribution in [1.29, 1.82) is 0 Å². The van der Waals surface area contributed by atoms with Crippen molar-refractivity contribution >= 4 is 32.8 Å². The lowest BCUT2D eigenvalue weighted by Crippen LogP contribution is -2.50. The van der Waals surface area contributed by atoms with E-state index in [0.29, 0.717) is 24.1 Å². The zero-order valence-corrected chi connectivity index (χ0v) is 18.1. The van der Waals surface area contributed by atoms with Crippen LogP contribution in [0.4, 0.5) is 0 Å². The monoisotopic (exact) mass is 458 g/mol. The molecule has 1 aromatic carbocycles. The Labute approximate surface area is 184 Å². The Balaban J connectivity index is 1.36. The van der Waals surface area contributed by atoms with Crippen molar-refractivity contribution in [2.45, 2.75) is 17.7 Å². The summed E-state index contributed by atoms with van der Waals surface area (Å²) < 4.78 is 38.3. The summed E-state index contributed by atoms with van der Waals surface area (Å²) in [6, 6.07) is 7.64. The highest BCUT2D eigenvalue weighted by Crippen LogP contribution is 2.27. The third-order valence-electron chi connectivity index (χ3n) is 5.93. The van der Waals surface area contributed by atoms with E-state index in [0.717, 1.165) is 12.8 Å². The van der Waals surface area contributed by atoms with Crippen LogP contribution in [-0.2, 0) is 10.0 Å². The summed E-state index contributed by atoms with van der Waals surface area (Å²) in [4.78, 5) is 28.5. The maximum atomic E-state index is 13.3. The van der Waals surface area contributed by atoms with Crippen LogP contribution in [-0.4, -0.2) is 78.8 Å². The zero-order chi connectivity index (χ0) is 22.3. The molecule has 168 valence electrons. The average molecular weight is 458 g/mol. The summed E-state index contributed by atoms with van der Waals surface area (Å²) in [5.41, 5.74) is 0.494. The van der Waals surface area contributed by atoms with Crippen LogP contribution in [0.15, 0.2) is 50.4 Å². The van der Waals surface area contributed by atoms with Crippen LogP contribution in [0.3, 0.4) is 0 Å². The standard InChI is InChI=1S/C21H22N4O6S/c26-20(18-4-3-13-30-18)24-9-11-25(12-10-24)32(28,29)15-5-6-17-16(14-15)19(22-31-17)21(27)23-7-1-2-8-23/h3-6,13-14H,1-2,7-12H2. The maximum absolute atomic E-state index is 13.3. The number of furan rings is 1. The lowest BCUT2D eigenvalue weighted by molar-refractivity contribution is 0.0665. The highest BCUT2D eigenvalue weighted by atomic mass is 32.2. The van der Waals surface area contributed by atoms with Crippen LogP contribution in [0.2, 0.25) is 0 Å². The molecule has 2 amide bonds. The van der Waals surface area contributed by atoms with Crippen molar-refractivity contribution in [2.75, 3.05) is 39.3 Å². The quantitative estimate of drug-likeness (QED) is 0.585. The number of benzene rings is 1. The number of amides is 2. The van der Waals surface area contributed by atoms with Crippen molar-refractivity contribution in [1.82, 2.24) is 19.3 Å². The third kappa shape index (κ3) is 3.56. The molecule has 0 spiro atoms. The van der Waals surface area contributed by atoms with Gasteiger partial charge >= 0.3 is 0 Å². The van der Waals surface area contributed by atoms with Gasteiger partial charge in [0.15, 0.2) is 17.0 Å². The van der Waals surface area contributed by atoms with Gasteiger partial charge in [-0.2, -0.15) is 4.31 Å². The highest BCUT2D eigenvalue weighted by Gasteiger charge is 2.32. The van der Waals surface area contributed by atoms with Crippen LogP contribution in [0, 0.1) is 0 Å². The lowest BCUT2D eigenvalue weighted by atomic mass is 10.2. The van der Waals surface area contributed by atoms with E-state index in [1.807, 2.05) is 0 Å². The zero-order valence-electron chi connectivity index (χ0n) is 17.3. The smallest absolute Gasteiger partial charge is 0.289 e. The number of carbonyl (C=O) groups is 2. The molecule has 0 atom stereocenters. The molecule has 0 N–H and O–H groups in total. The predicted molar refractivity (Wildman–Crippen MR) is 113 cm³/mol. The number of aromatic nitrogens is 1. The van der Waals surface area contributed by atoms with Crippen molar-refractivity contribution < 1.29 is 26.9 Å². The van der Waals surface area contributed by atoms with Gasteiger partial charge in [0, 0.05) is 39.3 Å². The van der Waals surface area contributed by atoms with Gasteiger partial charge in [-0.15, -0.1) is 0 Å². The van der Waals surface area contributed by atoms with Gasteiger partial charge in [-0.05, 0) is 43.2 Å². The van der Waals surface area contributed by atoms with E-state index in [-0.39, 0.29) is 54.3 Å². The number of carbonyl (C=O) groups excluding carboxylic acids is 2. The molecule has 3 aromatic rings. The highest BCUT2D eigenvalue weighted by molar-refractivity contribution is 7.89. The molecule has 0 unspecified atom stereocenters. The Morgan fingerprint density at radius 2 is 1.62 bits per heavy atom. The van der Waals surface area contributed by atoms with Crippen molar-refractivity contribution in [2.24, 2.45) is 0 Å². The number of rotatable bonds is 4. The largest absolute Gasteiger partial charge is 0.459 e. The summed E-state index contributed by atoms with van der Waals surface area (Å²) >= 11 is 0. The SMILES string of the molecule is O=C(c1ccco1)N1CCN(S(=O)(=O)c2ccc3onc(C(=O)N4CCCC4)c3c2)CC1. The fourth-order valence-corrected chi connectivity index (χ4v) is 5.59. The second-order valence-corrected chi connectivity index (χ2v) is 9.80. The van der Waals surface area contributed by atoms with Crippen LogP contribution >= 0.6 is 0 Å². The molecule has 2 aromatic heterocycles. The number of fused-ring (bicyclic) bond motifs is 1. The first-order chi connectivity index (χ1) is 15.4. The van der Waals surface area contributed by atoms with Crippen molar-refractivity contribution in [3.05, 3.63) is 48.0 Å². The van der Waals surface area contributed by atoms with Gasteiger partial charge < -0.3 is 18.7 Å². The molecule has 0 radical (unpaired) electrons. The Morgan fingerprint density at radius 1 is 0.906 bits per heavy atom. The van der Waals surface area contributed by atoms with E-state index >= 15 is 0 Å². The molecule has 2 fully saturated rings. The molecule has 2 aliphatic heterocycles. The van der Waals surface area contributed by atoms with E-state index in [1.54, 1.807) is 21.9 Å². The second-order valence-electron chi connectivity index (χ2n) is 7.86. The number of sulfonamides is 1. The summed E-state index contributed by atoms with van der Waals surface area (Å²) in [5, 5.41) is 4.29. The lowest BCUT2D eigenvalue weighted by Gasteiger charge is -2.33. The maximum Gasteiger partial charge on any atom is 0.289 e. The van der Waals surface area contributed by atoms with E-state index in [2.05, 4.69) is 5.16 Å². The Bertz CT molecular complexity index is 1250. The molecule has 0 saturated carbocycles. The summed E-state index contributed by atoms with van der Waals surface area (Å²) in [7, 11) is -3.82. The Morgan fingerprint density at radius 3 is 2.31 bits per heavy atom. The third-order valence-corrected chi connectivity index (χ3v) is 7.83. The second kappa shape index (κ2) is 8.06. The van der Waals surface area contributed by atoms with E-state index in [4.69, 9.17) is 8.94 Å². The van der Waals surface area contributed by atoms with Gasteiger partial charge in [0.25, 0.3) is 11.8 Å².